The zero-order chi connectivity index (χ0) is 20.9. The van der Waals surface area contributed by atoms with Crippen LogP contribution in [0, 0.1) is 11.8 Å². The molecule has 0 heterocycles. The molecule has 0 bridgehead atoms. The first-order valence-electron chi connectivity index (χ1n) is 10.6. The van der Waals surface area contributed by atoms with E-state index in [-0.39, 0.29) is 37.4 Å². The number of carbonyl (C=O) groups excluding carboxylic acids is 2. The van der Waals surface area contributed by atoms with Crippen LogP contribution in [0.25, 0.3) is 0 Å². The quantitative estimate of drug-likeness (QED) is 0.629. The molecule has 2 aliphatic carbocycles. The number of ether oxygens (including phenoxy) is 4. The van der Waals surface area contributed by atoms with Crippen LogP contribution in [0.3, 0.4) is 0 Å². The molecule has 6 heteroatoms. The van der Waals surface area contributed by atoms with Crippen LogP contribution in [-0.4, -0.2) is 48.6 Å². The summed E-state index contributed by atoms with van der Waals surface area (Å²) in [7, 11) is 0. The Bertz CT molecular complexity index is 482. The van der Waals surface area contributed by atoms with Gasteiger partial charge in [0.1, 0.15) is 24.4 Å². The smallest absolute Gasteiger partial charge is 0.332 e. The van der Waals surface area contributed by atoms with Crippen LogP contribution in [0.4, 0.5) is 0 Å². The summed E-state index contributed by atoms with van der Waals surface area (Å²) in [5.74, 6) is 0.105. The minimum absolute atomic E-state index is 0.00537. The van der Waals surface area contributed by atoms with Crippen molar-refractivity contribution in [3.05, 3.63) is 0 Å². The highest BCUT2D eigenvalue weighted by Crippen LogP contribution is 2.43. The molecule has 162 valence electrons. The van der Waals surface area contributed by atoms with Crippen molar-refractivity contribution < 1.29 is 28.5 Å². The van der Waals surface area contributed by atoms with E-state index in [0.717, 1.165) is 25.7 Å². The van der Waals surface area contributed by atoms with Crippen LogP contribution in [0.15, 0.2) is 0 Å². The minimum Gasteiger partial charge on any atom is -0.458 e. The van der Waals surface area contributed by atoms with E-state index in [2.05, 4.69) is 0 Å². The lowest BCUT2D eigenvalue weighted by molar-refractivity contribution is -0.174. The lowest BCUT2D eigenvalue weighted by Crippen LogP contribution is -2.46. The number of hydrogen-bond acceptors (Lipinski definition) is 6. The first-order chi connectivity index (χ1) is 12.9. The van der Waals surface area contributed by atoms with E-state index < -0.39 is 11.2 Å². The van der Waals surface area contributed by atoms with Gasteiger partial charge >= 0.3 is 11.9 Å². The van der Waals surface area contributed by atoms with E-state index in [4.69, 9.17) is 18.9 Å². The van der Waals surface area contributed by atoms with Gasteiger partial charge in [0.2, 0.25) is 0 Å². The molecule has 0 radical (unpaired) electrons. The third-order valence-corrected chi connectivity index (χ3v) is 5.24. The van der Waals surface area contributed by atoms with Crippen LogP contribution in [0.5, 0.6) is 0 Å². The Hall–Kier alpha value is -1.14. The molecular weight excluding hydrogens is 360 g/mol. The van der Waals surface area contributed by atoms with Gasteiger partial charge in [-0.25, -0.2) is 9.59 Å². The Balaban J connectivity index is 1.86. The van der Waals surface area contributed by atoms with Gasteiger partial charge in [-0.3, -0.25) is 0 Å². The standard InChI is InChI=1S/C22H38O6/c1-21(2,3)27-19(23)13-25-17-11-12-18(16-10-8-7-9-15(16)17)26-14-20(24)28-22(4,5)6/h15-18H,7-14H2,1-6H3. The van der Waals surface area contributed by atoms with Crippen LogP contribution in [0.1, 0.15) is 80.1 Å². The van der Waals surface area contributed by atoms with Gasteiger partial charge in [0.05, 0.1) is 12.2 Å². The molecule has 0 N–H and O–H groups in total. The van der Waals surface area contributed by atoms with Crippen molar-refractivity contribution in [1.29, 1.82) is 0 Å². The summed E-state index contributed by atoms with van der Waals surface area (Å²) in [5.41, 5.74) is -0.998. The van der Waals surface area contributed by atoms with Gasteiger partial charge < -0.3 is 18.9 Å². The first-order valence-corrected chi connectivity index (χ1v) is 10.6. The van der Waals surface area contributed by atoms with Crippen molar-refractivity contribution in [2.75, 3.05) is 13.2 Å². The number of esters is 2. The zero-order valence-corrected chi connectivity index (χ0v) is 18.4. The van der Waals surface area contributed by atoms with Gasteiger partial charge in [0, 0.05) is 0 Å². The van der Waals surface area contributed by atoms with Crippen molar-refractivity contribution in [3.8, 4) is 0 Å². The lowest BCUT2D eigenvalue weighted by Gasteiger charge is -2.45. The fraction of sp³-hybridized carbons (Fsp3) is 0.909. The molecule has 28 heavy (non-hydrogen) atoms. The molecule has 0 amide bonds. The molecule has 0 saturated heterocycles. The highest BCUT2D eigenvalue weighted by Gasteiger charge is 2.42. The van der Waals surface area contributed by atoms with E-state index in [1.54, 1.807) is 0 Å². The second-order valence-corrected chi connectivity index (χ2v) is 10.1. The second kappa shape index (κ2) is 9.57. The summed E-state index contributed by atoms with van der Waals surface area (Å²) in [6, 6.07) is 0. The van der Waals surface area contributed by atoms with Gasteiger partial charge in [-0.05, 0) is 79.1 Å². The van der Waals surface area contributed by atoms with Crippen molar-refractivity contribution in [2.45, 2.75) is 103 Å². The summed E-state index contributed by atoms with van der Waals surface area (Å²) in [5, 5.41) is 0. The molecule has 0 aromatic carbocycles. The fourth-order valence-corrected chi connectivity index (χ4v) is 4.37. The Morgan fingerprint density at radius 3 is 1.36 bits per heavy atom. The number of hydrogen-bond donors (Lipinski definition) is 0. The molecule has 2 aliphatic rings. The van der Waals surface area contributed by atoms with Crippen molar-refractivity contribution in [2.24, 2.45) is 11.8 Å². The van der Waals surface area contributed by atoms with E-state index in [9.17, 15) is 9.59 Å². The first kappa shape index (κ1) is 23.1. The predicted octanol–water partition coefficient (Wildman–Crippen LogP) is 4.04. The minimum atomic E-state index is -0.499. The second-order valence-electron chi connectivity index (χ2n) is 10.1. The number of rotatable bonds is 6. The summed E-state index contributed by atoms with van der Waals surface area (Å²) in [4.78, 5) is 24.0. The Labute approximate surface area is 169 Å². The number of fused-ring (bicyclic) bond motifs is 1. The maximum Gasteiger partial charge on any atom is 0.332 e. The van der Waals surface area contributed by atoms with Gasteiger partial charge in [0.25, 0.3) is 0 Å². The van der Waals surface area contributed by atoms with Crippen LogP contribution in [-0.2, 0) is 28.5 Å². The van der Waals surface area contributed by atoms with Crippen LogP contribution < -0.4 is 0 Å². The topological polar surface area (TPSA) is 71.1 Å². The Kier molecular flexibility index (Phi) is 7.91. The monoisotopic (exact) mass is 398 g/mol. The van der Waals surface area contributed by atoms with Gasteiger partial charge in [-0.2, -0.15) is 0 Å². The maximum absolute atomic E-state index is 12.0. The number of carbonyl (C=O) groups is 2. The summed E-state index contributed by atoms with van der Waals surface area (Å²) >= 11 is 0. The third kappa shape index (κ3) is 7.70. The van der Waals surface area contributed by atoms with Crippen molar-refractivity contribution >= 4 is 11.9 Å². The highest BCUT2D eigenvalue weighted by molar-refractivity contribution is 5.71. The average Bonchev–Trinajstić information content (AvgIpc) is 2.55. The Morgan fingerprint density at radius 2 is 1.04 bits per heavy atom. The molecule has 0 aliphatic heterocycles. The Morgan fingerprint density at radius 1 is 0.679 bits per heavy atom. The fourth-order valence-electron chi connectivity index (χ4n) is 4.37. The maximum atomic E-state index is 12.0. The van der Waals surface area contributed by atoms with Gasteiger partial charge in [-0.15, -0.1) is 0 Å². The van der Waals surface area contributed by atoms with E-state index in [0.29, 0.717) is 11.8 Å². The summed E-state index contributed by atoms with van der Waals surface area (Å²) < 4.78 is 22.7. The molecule has 0 aromatic heterocycles. The van der Waals surface area contributed by atoms with E-state index >= 15 is 0 Å². The predicted molar refractivity (Wildman–Crippen MR) is 106 cm³/mol. The molecule has 2 rings (SSSR count). The molecule has 0 aromatic rings. The SMILES string of the molecule is CC(C)(C)OC(=O)COC1CCC(OCC(=O)OC(C)(C)C)C2CCCCC12. The molecule has 0 spiro atoms. The molecule has 4 atom stereocenters. The van der Waals surface area contributed by atoms with Gasteiger partial charge in [-0.1, -0.05) is 12.8 Å². The summed E-state index contributed by atoms with van der Waals surface area (Å²) in [6.07, 6.45) is 6.29. The molecule has 2 saturated carbocycles. The normalized spacial score (nSPS) is 28.4. The molecular formula is C22H38O6. The van der Waals surface area contributed by atoms with E-state index in [1.165, 1.54) is 12.8 Å². The molecule has 2 fully saturated rings. The lowest BCUT2D eigenvalue weighted by atomic mass is 9.68. The van der Waals surface area contributed by atoms with Crippen LogP contribution in [0.2, 0.25) is 0 Å². The van der Waals surface area contributed by atoms with Crippen molar-refractivity contribution in [3.63, 3.8) is 0 Å². The zero-order valence-electron chi connectivity index (χ0n) is 18.4. The van der Waals surface area contributed by atoms with E-state index in [1.807, 2.05) is 41.5 Å². The highest BCUT2D eigenvalue weighted by atomic mass is 16.6. The molecule has 6 nitrogen and oxygen atoms in total. The van der Waals surface area contributed by atoms with Crippen LogP contribution >= 0.6 is 0 Å². The average molecular weight is 399 g/mol. The largest absolute Gasteiger partial charge is 0.458 e. The van der Waals surface area contributed by atoms with Crippen molar-refractivity contribution in [1.82, 2.24) is 0 Å². The van der Waals surface area contributed by atoms with Gasteiger partial charge in [0.15, 0.2) is 0 Å². The molecule has 4 unspecified atom stereocenters. The summed E-state index contributed by atoms with van der Waals surface area (Å²) in [6.45, 7) is 11.1. The third-order valence-electron chi connectivity index (χ3n) is 5.24.